The van der Waals surface area contributed by atoms with E-state index in [1.54, 1.807) is 0 Å². The zero-order chi connectivity index (χ0) is 13.7. The van der Waals surface area contributed by atoms with E-state index in [1.165, 1.54) is 5.57 Å². The van der Waals surface area contributed by atoms with E-state index in [-0.39, 0.29) is 6.04 Å². The number of rotatable bonds is 5. The number of halogens is 1. The maximum absolute atomic E-state index is 6.48. The van der Waals surface area contributed by atoms with Gasteiger partial charge >= 0.3 is 0 Å². The highest BCUT2D eigenvalue weighted by Crippen LogP contribution is 2.33. The number of hydrogen-bond acceptors (Lipinski definition) is 2. The molecule has 0 spiro atoms. The average molecular weight is 280 g/mol. The Hall–Kier alpha value is -0.990. The van der Waals surface area contributed by atoms with Gasteiger partial charge in [0.25, 0.3) is 0 Å². The second kappa shape index (κ2) is 6.97. The molecule has 1 atom stereocenters. The molecular formula is C16H22ClNO. The van der Waals surface area contributed by atoms with E-state index in [1.807, 2.05) is 6.26 Å². The molecule has 1 aromatic carbocycles. The molecule has 0 aromatic heterocycles. The van der Waals surface area contributed by atoms with Crippen molar-refractivity contribution in [2.24, 2.45) is 0 Å². The fourth-order valence-corrected chi connectivity index (χ4v) is 2.65. The van der Waals surface area contributed by atoms with Crippen LogP contribution in [0.5, 0.6) is 0 Å². The number of ether oxygens (including phenoxy) is 1. The number of benzene rings is 1. The summed E-state index contributed by atoms with van der Waals surface area (Å²) in [6.07, 6.45) is 5.18. The highest BCUT2D eigenvalue weighted by molar-refractivity contribution is 6.32. The van der Waals surface area contributed by atoms with Gasteiger partial charge in [-0.15, -0.1) is 0 Å². The zero-order valence-electron chi connectivity index (χ0n) is 11.7. The Morgan fingerprint density at radius 3 is 2.95 bits per heavy atom. The standard InChI is InChI=1S/C16H22ClNO/c1-3-9-18-16(13-7-5-10-19-11-13)14-8-4-6-12(2)15(14)17/h4,6,8,11,16,18H,3,5,7,9-10H2,1-2H3. The normalized spacial score (nSPS) is 16.7. The van der Waals surface area contributed by atoms with Gasteiger partial charge in [-0.25, -0.2) is 0 Å². The Bertz CT molecular complexity index is 456. The summed E-state index contributed by atoms with van der Waals surface area (Å²) >= 11 is 6.48. The molecule has 1 aliphatic heterocycles. The minimum absolute atomic E-state index is 0.174. The lowest BCUT2D eigenvalue weighted by Gasteiger charge is -2.26. The first-order valence-electron chi connectivity index (χ1n) is 7.03. The van der Waals surface area contributed by atoms with Crippen molar-refractivity contribution in [1.82, 2.24) is 5.32 Å². The van der Waals surface area contributed by atoms with Crippen molar-refractivity contribution in [2.75, 3.05) is 13.2 Å². The van der Waals surface area contributed by atoms with Crippen LogP contribution in [0.4, 0.5) is 0 Å². The first-order chi connectivity index (χ1) is 9.24. The molecule has 0 saturated carbocycles. The molecule has 1 N–H and O–H groups in total. The molecule has 1 aliphatic rings. The Morgan fingerprint density at radius 2 is 2.26 bits per heavy atom. The summed E-state index contributed by atoms with van der Waals surface area (Å²) in [7, 11) is 0. The van der Waals surface area contributed by atoms with E-state index in [0.717, 1.165) is 48.6 Å². The maximum atomic E-state index is 6.48. The van der Waals surface area contributed by atoms with Crippen LogP contribution >= 0.6 is 11.6 Å². The van der Waals surface area contributed by atoms with Gasteiger partial charge in [0.2, 0.25) is 0 Å². The van der Waals surface area contributed by atoms with Gasteiger partial charge in [0.1, 0.15) is 0 Å². The van der Waals surface area contributed by atoms with Crippen molar-refractivity contribution in [3.63, 3.8) is 0 Å². The second-order valence-corrected chi connectivity index (χ2v) is 5.41. The van der Waals surface area contributed by atoms with Gasteiger partial charge in [-0.05, 0) is 49.4 Å². The first-order valence-corrected chi connectivity index (χ1v) is 7.40. The quantitative estimate of drug-likeness (QED) is 0.863. The molecule has 0 amide bonds. The van der Waals surface area contributed by atoms with E-state index in [0.29, 0.717) is 0 Å². The Labute approximate surface area is 120 Å². The third-order valence-corrected chi connectivity index (χ3v) is 3.98. The Balaban J connectivity index is 2.30. The number of hydrogen-bond donors (Lipinski definition) is 1. The fraction of sp³-hybridized carbons (Fsp3) is 0.500. The van der Waals surface area contributed by atoms with Crippen LogP contribution < -0.4 is 5.32 Å². The summed E-state index contributed by atoms with van der Waals surface area (Å²) in [5.41, 5.74) is 3.58. The highest BCUT2D eigenvalue weighted by Gasteiger charge is 2.21. The summed E-state index contributed by atoms with van der Waals surface area (Å²) in [6.45, 7) is 6.03. The molecule has 2 nitrogen and oxygen atoms in total. The minimum Gasteiger partial charge on any atom is -0.501 e. The van der Waals surface area contributed by atoms with Crippen molar-refractivity contribution < 1.29 is 4.74 Å². The van der Waals surface area contributed by atoms with Crippen LogP contribution in [0.15, 0.2) is 30.0 Å². The van der Waals surface area contributed by atoms with Crippen molar-refractivity contribution >= 4 is 11.6 Å². The topological polar surface area (TPSA) is 21.3 Å². The summed E-state index contributed by atoms with van der Waals surface area (Å²) in [4.78, 5) is 0. The van der Waals surface area contributed by atoms with Gasteiger partial charge in [0.15, 0.2) is 0 Å². The molecule has 0 fully saturated rings. The van der Waals surface area contributed by atoms with Crippen molar-refractivity contribution in [2.45, 2.75) is 39.2 Å². The van der Waals surface area contributed by atoms with Crippen LogP contribution in [0.3, 0.4) is 0 Å². The van der Waals surface area contributed by atoms with Crippen LogP contribution in [0.2, 0.25) is 5.02 Å². The van der Waals surface area contributed by atoms with Crippen molar-refractivity contribution in [1.29, 1.82) is 0 Å². The molecule has 0 radical (unpaired) electrons. The van der Waals surface area contributed by atoms with Gasteiger partial charge in [0, 0.05) is 5.02 Å². The Kier molecular flexibility index (Phi) is 5.29. The van der Waals surface area contributed by atoms with E-state index in [2.05, 4.69) is 37.4 Å². The molecule has 1 unspecified atom stereocenters. The summed E-state index contributed by atoms with van der Waals surface area (Å²) in [5, 5.41) is 4.45. The van der Waals surface area contributed by atoms with E-state index < -0.39 is 0 Å². The summed E-state index contributed by atoms with van der Waals surface area (Å²) < 4.78 is 5.49. The van der Waals surface area contributed by atoms with E-state index in [9.17, 15) is 0 Å². The first kappa shape index (κ1) is 14.4. The molecule has 1 heterocycles. The van der Waals surface area contributed by atoms with Crippen LogP contribution in [-0.4, -0.2) is 13.2 Å². The maximum Gasteiger partial charge on any atom is 0.0876 e. The van der Waals surface area contributed by atoms with Crippen LogP contribution in [0.1, 0.15) is 43.4 Å². The van der Waals surface area contributed by atoms with Gasteiger partial charge in [0.05, 0.1) is 18.9 Å². The van der Waals surface area contributed by atoms with Crippen LogP contribution in [-0.2, 0) is 4.74 Å². The third kappa shape index (κ3) is 3.52. The molecule has 19 heavy (non-hydrogen) atoms. The fourth-order valence-electron chi connectivity index (χ4n) is 2.42. The molecular weight excluding hydrogens is 258 g/mol. The smallest absolute Gasteiger partial charge is 0.0876 e. The highest BCUT2D eigenvalue weighted by atomic mass is 35.5. The minimum atomic E-state index is 0.174. The van der Waals surface area contributed by atoms with E-state index in [4.69, 9.17) is 16.3 Å². The molecule has 104 valence electrons. The van der Waals surface area contributed by atoms with Crippen molar-refractivity contribution in [3.8, 4) is 0 Å². The lowest BCUT2D eigenvalue weighted by atomic mass is 9.94. The lowest BCUT2D eigenvalue weighted by molar-refractivity contribution is 0.219. The summed E-state index contributed by atoms with van der Waals surface area (Å²) in [5.74, 6) is 0. The van der Waals surface area contributed by atoms with Gasteiger partial charge in [-0.3, -0.25) is 0 Å². The SMILES string of the molecule is CCCNC(C1=COCCC1)c1cccc(C)c1Cl. The molecule has 0 saturated heterocycles. The van der Waals surface area contributed by atoms with Crippen LogP contribution in [0.25, 0.3) is 0 Å². The zero-order valence-corrected chi connectivity index (χ0v) is 12.5. The van der Waals surface area contributed by atoms with Gasteiger partial charge in [-0.1, -0.05) is 36.7 Å². The summed E-state index contributed by atoms with van der Waals surface area (Å²) in [6, 6.07) is 6.40. The number of aryl methyl sites for hydroxylation is 1. The third-order valence-electron chi connectivity index (χ3n) is 3.46. The second-order valence-electron chi connectivity index (χ2n) is 5.03. The van der Waals surface area contributed by atoms with E-state index >= 15 is 0 Å². The largest absolute Gasteiger partial charge is 0.501 e. The lowest BCUT2D eigenvalue weighted by Crippen LogP contribution is -2.25. The van der Waals surface area contributed by atoms with Crippen molar-refractivity contribution in [3.05, 3.63) is 46.2 Å². The van der Waals surface area contributed by atoms with Gasteiger partial charge < -0.3 is 10.1 Å². The molecule has 2 rings (SSSR count). The average Bonchev–Trinajstić information content (AvgIpc) is 2.45. The predicted octanol–water partition coefficient (Wildman–Crippen LogP) is 4.38. The monoisotopic (exact) mass is 279 g/mol. The van der Waals surface area contributed by atoms with Crippen LogP contribution in [0, 0.1) is 6.92 Å². The molecule has 0 aliphatic carbocycles. The number of nitrogens with one attached hydrogen (secondary N) is 1. The predicted molar refractivity (Wildman–Crippen MR) is 80.5 cm³/mol. The van der Waals surface area contributed by atoms with Gasteiger partial charge in [-0.2, -0.15) is 0 Å². The molecule has 0 bridgehead atoms. The Morgan fingerprint density at radius 1 is 1.42 bits per heavy atom. The molecule has 3 heteroatoms. The molecule has 1 aromatic rings.